The Kier molecular flexibility index (Phi) is 6.74. The molecule has 140 valence electrons. The van der Waals surface area contributed by atoms with Gasteiger partial charge in [0.1, 0.15) is 5.75 Å². The zero-order valence-electron chi connectivity index (χ0n) is 16.2. The second-order valence-corrected chi connectivity index (χ2v) is 7.76. The van der Waals surface area contributed by atoms with Crippen LogP contribution in [0.4, 0.5) is 0 Å². The third kappa shape index (κ3) is 4.75. The number of rotatable bonds is 6. The Morgan fingerprint density at radius 2 is 1.92 bits per heavy atom. The minimum Gasteiger partial charge on any atom is -0.494 e. The van der Waals surface area contributed by atoms with Crippen molar-refractivity contribution < 1.29 is 4.74 Å². The number of para-hydroxylation sites is 1. The van der Waals surface area contributed by atoms with Crippen LogP contribution >= 0.6 is 0 Å². The molecule has 2 unspecified atom stereocenters. The van der Waals surface area contributed by atoms with Gasteiger partial charge in [0, 0.05) is 37.8 Å². The van der Waals surface area contributed by atoms with Crippen molar-refractivity contribution in [1.29, 1.82) is 0 Å². The molecule has 2 fully saturated rings. The maximum Gasteiger partial charge on any atom is 0.124 e. The molecule has 2 aliphatic rings. The second kappa shape index (κ2) is 9.02. The molecule has 0 saturated carbocycles. The van der Waals surface area contributed by atoms with Gasteiger partial charge in [-0.25, -0.2) is 0 Å². The maximum atomic E-state index is 5.99. The van der Waals surface area contributed by atoms with Crippen molar-refractivity contribution in [2.45, 2.75) is 45.7 Å². The molecule has 0 radical (unpaired) electrons. The van der Waals surface area contributed by atoms with Crippen LogP contribution in [0.25, 0.3) is 0 Å². The normalized spacial score (nSPS) is 25.0. The molecule has 3 rings (SSSR count). The Labute approximate surface area is 153 Å². The number of ether oxygens (including phenoxy) is 1. The summed E-state index contributed by atoms with van der Waals surface area (Å²) < 4.78 is 5.99. The first-order valence-corrected chi connectivity index (χ1v) is 10.1. The first-order valence-electron chi connectivity index (χ1n) is 10.1. The second-order valence-electron chi connectivity index (χ2n) is 7.76. The molecule has 2 atom stereocenters. The van der Waals surface area contributed by atoms with Crippen LogP contribution in [0.5, 0.6) is 5.75 Å². The van der Waals surface area contributed by atoms with Crippen molar-refractivity contribution in [3.63, 3.8) is 0 Å². The molecular weight excluding hydrogens is 310 g/mol. The molecule has 2 aliphatic heterocycles. The molecule has 2 heterocycles. The van der Waals surface area contributed by atoms with Crippen LogP contribution in [0, 0.1) is 5.92 Å². The summed E-state index contributed by atoms with van der Waals surface area (Å²) in [6.45, 7) is 14.4. The molecule has 25 heavy (non-hydrogen) atoms. The van der Waals surface area contributed by atoms with E-state index in [1.807, 2.05) is 0 Å². The van der Waals surface area contributed by atoms with E-state index >= 15 is 0 Å². The van der Waals surface area contributed by atoms with Gasteiger partial charge in [0.25, 0.3) is 0 Å². The van der Waals surface area contributed by atoms with Gasteiger partial charge in [-0.3, -0.25) is 4.90 Å². The maximum absolute atomic E-state index is 5.99. The van der Waals surface area contributed by atoms with E-state index in [4.69, 9.17) is 4.74 Å². The predicted octanol–water partition coefficient (Wildman–Crippen LogP) is 3.15. The number of benzene rings is 1. The van der Waals surface area contributed by atoms with Gasteiger partial charge in [0.2, 0.25) is 0 Å². The first kappa shape index (κ1) is 18.7. The molecule has 4 nitrogen and oxygen atoms in total. The van der Waals surface area contributed by atoms with Crippen LogP contribution in [-0.2, 0) is 0 Å². The van der Waals surface area contributed by atoms with Crippen LogP contribution in [0.15, 0.2) is 24.3 Å². The number of piperidine rings is 1. The van der Waals surface area contributed by atoms with Crippen LogP contribution in [0.1, 0.15) is 45.2 Å². The fourth-order valence-electron chi connectivity index (χ4n) is 4.23. The summed E-state index contributed by atoms with van der Waals surface area (Å²) in [5.41, 5.74) is 1.36. The van der Waals surface area contributed by atoms with Crippen LogP contribution in [0.3, 0.4) is 0 Å². The number of nitrogens with one attached hydrogen (secondary N) is 1. The fraction of sp³-hybridized carbons (Fsp3) is 0.714. The zero-order chi connectivity index (χ0) is 17.6. The number of hydrogen-bond donors (Lipinski definition) is 1. The number of hydrogen-bond acceptors (Lipinski definition) is 4. The largest absolute Gasteiger partial charge is 0.494 e. The van der Waals surface area contributed by atoms with Crippen molar-refractivity contribution in [3.05, 3.63) is 29.8 Å². The van der Waals surface area contributed by atoms with Crippen molar-refractivity contribution >= 4 is 0 Å². The Morgan fingerprint density at radius 1 is 1.16 bits per heavy atom. The third-order valence-corrected chi connectivity index (χ3v) is 5.84. The van der Waals surface area contributed by atoms with E-state index in [-0.39, 0.29) is 0 Å². The highest BCUT2D eigenvalue weighted by Gasteiger charge is 2.31. The number of nitrogens with zero attached hydrogens (tertiary/aromatic N) is 2. The molecule has 0 amide bonds. The van der Waals surface area contributed by atoms with E-state index in [0.29, 0.717) is 12.1 Å². The lowest BCUT2D eigenvalue weighted by Crippen LogP contribution is -2.53. The Hall–Kier alpha value is -1.10. The highest BCUT2D eigenvalue weighted by atomic mass is 16.5. The van der Waals surface area contributed by atoms with Gasteiger partial charge in [-0.05, 0) is 51.8 Å². The minimum atomic E-state index is 0.410. The quantitative estimate of drug-likeness (QED) is 0.857. The molecule has 0 aromatic heterocycles. The summed E-state index contributed by atoms with van der Waals surface area (Å²) in [7, 11) is 0. The Bertz CT molecular complexity index is 528. The van der Waals surface area contributed by atoms with Crippen LogP contribution in [-0.4, -0.2) is 61.7 Å². The molecule has 0 aliphatic carbocycles. The SMILES string of the molecule is CCOc1ccccc1C(CN1CCC(C)CC1)N1CCNCC1C. The summed E-state index contributed by atoms with van der Waals surface area (Å²) in [6, 6.07) is 9.63. The monoisotopic (exact) mass is 345 g/mol. The Morgan fingerprint density at radius 3 is 2.64 bits per heavy atom. The van der Waals surface area contributed by atoms with E-state index in [0.717, 1.165) is 44.5 Å². The van der Waals surface area contributed by atoms with Crippen molar-refractivity contribution in [2.24, 2.45) is 5.92 Å². The van der Waals surface area contributed by atoms with Gasteiger partial charge in [-0.2, -0.15) is 0 Å². The lowest BCUT2D eigenvalue weighted by molar-refractivity contribution is 0.0710. The van der Waals surface area contributed by atoms with Crippen molar-refractivity contribution in [1.82, 2.24) is 15.1 Å². The average Bonchev–Trinajstić information content (AvgIpc) is 2.63. The van der Waals surface area contributed by atoms with Gasteiger partial charge in [0.15, 0.2) is 0 Å². The third-order valence-electron chi connectivity index (χ3n) is 5.84. The van der Waals surface area contributed by atoms with Crippen molar-refractivity contribution in [2.75, 3.05) is 45.9 Å². The van der Waals surface area contributed by atoms with Gasteiger partial charge in [0.05, 0.1) is 12.6 Å². The van der Waals surface area contributed by atoms with Crippen molar-refractivity contribution in [3.8, 4) is 5.75 Å². The topological polar surface area (TPSA) is 27.7 Å². The fourth-order valence-corrected chi connectivity index (χ4v) is 4.23. The molecule has 1 aromatic carbocycles. The molecule has 0 bridgehead atoms. The van der Waals surface area contributed by atoms with E-state index in [9.17, 15) is 0 Å². The van der Waals surface area contributed by atoms with Gasteiger partial charge in [-0.15, -0.1) is 0 Å². The Balaban J connectivity index is 1.83. The summed E-state index contributed by atoms with van der Waals surface area (Å²) >= 11 is 0. The molecule has 2 saturated heterocycles. The highest BCUT2D eigenvalue weighted by Crippen LogP contribution is 2.33. The van der Waals surface area contributed by atoms with E-state index < -0.39 is 0 Å². The van der Waals surface area contributed by atoms with Crippen LogP contribution in [0.2, 0.25) is 0 Å². The zero-order valence-corrected chi connectivity index (χ0v) is 16.2. The van der Waals surface area contributed by atoms with E-state index in [1.165, 1.54) is 31.5 Å². The number of likely N-dealkylation sites (tertiary alicyclic amines) is 1. The molecule has 1 N–H and O–H groups in total. The lowest BCUT2D eigenvalue weighted by Gasteiger charge is -2.43. The van der Waals surface area contributed by atoms with Gasteiger partial charge in [-0.1, -0.05) is 25.1 Å². The van der Waals surface area contributed by atoms with Gasteiger partial charge >= 0.3 is 0 Å². The highest BCUT2D eigenvalue weighted by molar-refractivity contribution is 5.36. The first-order chi connectivity index (χ1) is 12.2. The molecule has 0 spiro atoms. The van der Waals surface area contributed by atoms with E-state index in [2.05, 4.69) is 60.2 Å². The van der Waals surface area contributed by atoms with Crippen LogP contribution < -0.4 is 10.1 Å². The standard InChI is InChI=1S/C21H35N3O/c1-4-25-21-8-6-5-7-19(21)20(24-14-11-22-15-18(24)3)16-23-12-9-17(2)10-13-23/h5-8,17-18,20,22H,4,9-16H2,1-3H3. The summed E-state index contributed by atoms with van der Waals surface area (Å²) in [6.07, 6.45) is 2.66. The summed E-state index contributed by atoms with van der Waals surface area (Å²) in [5, 5.41) is 3.53. The lowest BCUT2D eigenvalue weighted by atomic mass is 9.96. The summed E-state index contributed by atoms with van der Waals surface area (Å²) in [4.78, 5) is 5.36. The average molecular weight is 346 g/mol. The molecule has 4 heteroatoms. The smallest absolute Gasteiger partial charge is 0.124 e. The minimum absolute atomic E-state index is 0.410. The summed E-state index contributed by atoms with van der Waals surface area (Å²) in [5.74, 6) is 1.94. The number of piperazine rings is 1. The van der Waals surface area contributed by atoms with E-state index in [1.54, 1.807) is 0 Å². The predicted molar refractivity (Wildman–Crippen MR) is 104 cm³/mol. The van der Waals surface area contributed by atoms with Gasteiger partial charge < -0.3 is 15.0 Å². The molecular formula is C21H35N3O. The molecule has 1 aromatic rings.